The van der Waals surface area contributed by atoms with Gasteiger partial charge in [-0.3, -0.25) is 4.98 Å². The van der Waals surface area contributed by atoms with Crippen LogP contribution in [0, 0.1) is 0 Å². The second-order valence-corrected chi connectivity index (χ2v) is 6.36. The molecule has 0 aromatic carbocycles. The zero-order valence-corrected chi connectivity index (χ0v) is 13.3. The number of aromatic carboxylic acids is 1. The zero-order chi connectivity index (χ0) is 16.2. The van der Waals surface area contributed by atoms with Gasteiger partial charge in [-0.25, -0.2) is 14.8 Å². The molecule has 2 N–H and O–H groups in total. The van der Waals surface area contributed by atoms with Crippen molar-refractivity contribution in [2.45, 2.75) is 6.54 Å². The topological polar surface area (TPSA) is 88.0 Å². The molecule has 0 unspecified atom stereocenters. The van der Waals surface area contributed by atoms with Gasteiger partial charge in [-0.2, -0.15) is 0 Å². The molecule has 0 bridgehead atoms. The number of pyridine rings is 1. The standard InChI is InChI=1S/C15H11ClN4O2S/c16-13-2-1-10(23-13)8-19-15-18-6-4-11(20-15)12-7-9(14(21)22)3-5-17-12/h1-7H,8H2,(H,21,22)(H,18,19,20). The molecule has 0 saturated carbocycles. The zero-order valence-electron chi connectivity index (χ0n) is 11.7. The van der Waals surface area contributed by atoms with Gasteiger partial charge in [-0.1, -0.05) is 11.6 Å². The lowest BCUT2D eigenvalue weighted by molar-refractivity contribution is 0.0697. The summed E-state index contributed by atoms with van der Waals surface area (Å²) in [6, 6.07) is 8.37. The molecule has 3 aromatic rings. The number of halogens is 1. The van der Waals surface area contributed by atoms with Crippen molar-refractivity contribution in [3.63, 3.8) is 0 Å². The van der Waals surface area contributed by atoms with Crippen LogP contribution < -0.4 is 5.32 Å². The van der Waals surface area contributed by atoms with Crippen LogP contribution in [0.5, 0.6) is 0 Å². The van der Waals surface area contributed by atoms with Crippen LogP contribution >= 0.6 is 22.9 Å². The van der Waals surface area contributed by atoms with E-state index in [2.05, 4.69) is 20.3 Å². The number of carboxylic acids is 1. The van der Waals surface area contributed by atoms with Crippen molar-refractivity contribution in [3.8, 4) is 11.4 Å². The Bertz CT molecular complexity index is 853. The number of thiophene rings is 1. The monoisotopic (exact) mass is 346 g/mol. The number of anilines is 1. The maximum atomic E-state index is 11.0. The van der Waals surface area contributed by atoms with Gasteiger partial charge in [0, 0.05) is 17.3 Å². The normalized spacial score (nSPS) is 10.5. The van der Waals surface area contributed by atoms with Gasteiger partial charge in [0.1, 0.15) is 0 Å². The van der Waals surface area contributed by atoms with Gasteiger partial charge in [0.25, 0.3) is 0 Å². The van der Waals surface area contributed by atoms with Crippen LogP contribution in [0.3, 0.4) is 0 Å². The van der Waals surface area contributed by atoms with E-state index >= 15 is 0 Å². The van der Waals surface area contributed by atoms with Crippen LogP contribution in [-0.4, -0.2) is 26.0 Å². The lowest BCUT2D eigenvalue weighted by Crippen LogP contribution is -2.03. The van der Waals surface area contributed by atoms with E-state index in [0.717, 1.165) is 9.21 Å². The SMILES string of the molecule is O=C(O)c1ccnc(-c2ccnc(NCc3ccc(Cl)s3)n2)c1. The molecule has 8 heteroatoms. The van der Waals surface area contributed by atoms with E-state index in [4.69, 9.17) is 16.7 Å². The summed E-state index contributed by atoms with van der Waals surface area (Å²) in [5.41, 5.74) is 1.20. The van der Waals surface area contributed by atoms with Gasteiger partial charge in [-0.15, -0.1) is 11.3 Å². The van der Waals surface area contributed by atoms with E-state index in [1.165, 1.54) is 29.7 Å². The second kappa shape index (κ2) is 6.72. The summed E-state index contributed by atoms with van der Waals surface area (Å²) in [6.07, 6.45) is 3.04. The third-order valence-corrected chi connectivity index (χ3v) is 4.21. The number of nitrogens with zero attached hydrogens (tertiary/aromatic N) is 3. The molecule has 0 fully saturated rings. The highest BCUT2D eigenvalue weighted by atomic mass is 35.5. The molecule has 116 valence electrons. The minimum Gasteiger partial charge on any atom is -0.478 e. The van der Waals surface area contributed by atoms with Crippen LogP contribution in [0.1, 0.15) is 15.2 Å². The minimum absolute atomic E-state index is 0.163. The minimum atomic E-state index is -1.00. The summed E-state index contributed by atoms with van der Waals surface area (Å²) in [4.78, 5) is 24.8. The smallest absolute Gasteiger partial charge is 0.335 e. The average molecular weight is 347 g/mol. The van der Waals surface area contributed by atoms with E-state index < -0.39 is 5.97 Å². The number of hydrogen-bond donors (Lipinski definition) is 2. The van der Waals surface area contributed by atoms with Gasteiger partial charge < -0.3 is 10.4 Å². The molecule has 0 amide bonds. The molecule has 3 aromatic heterocycles. The number of nitrogens with one attached hydrogen (secondary N) is 1. The lowest BCUT2D eigenvalue weighted by Gasteiger charge is -2.05. The van der Waals surface area contributed by atoms with Crippen molar-refractivity contribution in [3.05, 3.63) is 57.5 Å². The Balaban J connectivity index is 1.79. The molecule has 0 aliphatic rings. The largest absolute Gasteiger partial charge is 0.478 e. The molecule has 0 radical (unpaired) electrons. The summed E-state index contributed by atoms with van der Waals surface area (Å²) < 4.78 is 0.728. The fraction of sp³-hybridized carbons (Fsp3) is 0.0667. The summed E-state index contributed by atoms with van der Waals surface area (Å²) in [7, 11) is 0. The quantitative estimate of drug-likeness (QED) is 0.734. The summed E-state index contributed by atoms with van der Waals surface area (Å²) in [5, 5.41) is 12.1. The highest BCUT2D eigenvalue weighted by molar-refractivity contribution is 7.16. The van der Waals surface area contributed by atoms with Crippen molar-refractivity contribution in [2.75, 3.05) is 5.32 Å². The van der Waals surface area contributed by atoms with E-state index in [1.807, 2.05) is 12.1 Å². The van der Waals surface area contributed by atoms with E-state index in [9.17, 15) is 4.79 Å². The van der Waals surface area contributed by atoms with Crippen molar-refractivity contribution in [1.29, 1.82) is 0 Å². The Morgan fingerprint density at radius 2 is 2.00 bits per heavy atom. The molecule has 0 saturated heterocycles. The molecule has 23 heavy (non-hydrogen) atoms. The van der Waals surface area contributed by atoms with Gasteiger partial charge in [0.2, 0.25) is 5.95 Å². The van der Waals surface area contributed by atoms with Gasteiger partial charge in [0.15, 0.2) is 0 Å². The predicted octanol–water partition coefficient (Wildman–Crippen LogP) is 3.56. The Morgan fingerprint density at radius 1 is 1.17 bits per heavy atom. The Kier molecular flexibility index (Phi) is 4.50. The van der Waals surface area contributed by atoms with Crippen molar-refractivity contribution >= 4 is 34.9 Å². The van der Waals surface area contributed by atoms with Gasteiger partial charge in [-0.05, 0) is 30.3 Å². The molecule has 0 atom stereocenters. The Hall–Kier alpha value is -2.51. The number of carboxylic acid groups (broad SMARTS) is 1. The number of hydrogen-bond acceptors (Lipinski definition) is 6. The predicted molar refractivity (Wildman–Crippen MR) is 88.9 cm³/mol. The highest BCUT2D eigenvalue weighted by Gasteiger charge is 2.08. The first-order valence-corrected chi connectivity index (χ1v) is 7.82. The van der Waals surface area contributed by atoms with E-state index in [0.29, 0.717) is 23.9 Å². The Labute approximate surface area is 140 Å². The first-order chi connectivity index (χ1) is 11.1. The maximum absolute atomic E-state index is 11.0. The maximum Gasteiger partial charge on any atom is 0.335 e. The van der Waals surface area contributed by atoms with Crippen LogP contribution in [0.25, 0.3) is 11.4 Å². The number of rotatable bonds is 5. The molecular formula is C15H11ClN4O2S. The molecule has 0 aliphatic heterocycles. The summed E-state index contributed by atoms with van der Waals surface area (Å²) in [5.74, 6) is -0.565. The van der Waals surface area contributed by atoms with E-state index in [-0.39, 0.29) is 5.56 Å². The van der Waals surface area contributed by atoms with Crippen molar-refractivity contribution < 1.29 is 9.90 Å². The molecule has 3 rings (SSSR count). The van der Waals surface area contributed by atoms with Crippen molar-refractivity contribution in [1.82, 2.24) is 15.0 Å². The second-order valence-electron chi connectivity index (χ2n) is 4.56. The van der Waals surface area contributed by atoms with Gasteiger partial charge >= 0.3 is 5.97 Å². The molecular weight excluding hydrogens is 336 g/mol. The molecule has 0 aliphatic carbocycles. The van der Waals surface area contributed by atoms with Crippen LogP contribution in [0.2, 0.25) is 4.34 Å². The molecule has 6 nitrogen and oxygen atoms in total. The fourth-order valence-corrected chi connectivity index (χ4v) is 2.93. The third-order valence-electron chi connectivity index (χ3n) is 2.97. The average Bonchev–Trinajstić information content (AvgIpc) is 2.99. The lowest BCUT2D eigenvalue weighted by atomic mass is 10.2. The van der Waals surface area contributed by atoms with Gasteiger partial charge in [0.05, 0.1) is 27.8 Å². The van der Waals surface area contributed by atoms with E-state index in [1.54, 1.807) is 12.3 Å². The number of aromatic nitrogens is 3. The molecule has 3 heterocycles. The van der Waals surface area contributed by atoms with Crippen LogP contribution in [-0.2, 0) is 6.54 Å². The fourth-order valence-electron chi connectivity index (χ4n) is 1.90. The molecule has 0 spiro atoms. The number of carbonyl (C=O) groups is 1. The Morgan fingerprint density at radius 3 is 2.74 bits per heavy atom. The third kappa shape index (κ3) is 3.82. The van der Waals surface area contributed by atoms with Crippen molar-refractivity contribution in [2.24, 2.45) is 0 Å². The highest BCUT2D eigenvalue weighted by Crippen LogP contribution is 2.22. The summed E-state index contributed by atoms with van der Waals surface area (Å²) >= 11 is 7.37. The van der Waals surface area contributed by atoms with Crippen LogP contribution in [0.15, 0.2) is 42.7 Å². The first kappa shape index (κ1) is 15.4. The summed E-state index contributed by atoms with van der Waals surface area (Å²) in [6.45, 7) is 0.559. The van der Waals surface area contributed by atoms with Crippen LogP contribution in [0.4, 0.5) is 5.95 Å². The first-order valence-electron chi connectivity index (χ1n) is 6.62.